The zero-order valence-electron chi connectivity index (χ0n) is 11.0. The Morgan fingerprint density at radius 2 is 2.16 bits per heavy atom. The number of nitrogens with two attached hydrogens (primary N) is 1. The summed E-state index contributed by atoms with van der Waals surface area (Å²) in [7, 11) is 1.61. The Hall–Kier alpha value is -1.66. The first-order valence-corrected chi connectivity index (χ1v) is 6.26. The number of thiocarbonyl (C=S) groups is 1. The molecule has 104 valence electrons. The van der Waals surface area contributed by atoms with E-state index >= 15 is 0 Å². The molecule has 0 saturated heterocycles. The van der Waals surface area contributed by atoms with Gasteiger partial charge >= 0.3 is 0 Å². The highest BCUT2D eigenvalue weighted by atomic mass is 32.1. The standard InChI is InChI=1S/C13H18N2O3S/c1-9(16)7-15(2)12(17)8-18-11-6-4-3-5-10(11)13(14)19/h3-6,9,16H,7-8H2,1-2H3,(H2,14,19). The minimum Gasteiger partial charge on any atom is -0.483 e. The van der Waals surface area contributed by atoms with Crippen molar-refractivity contribution in [3.8, 4) is 5.75 Å². The summed E-state index contributed by atoms with van der Waals surface area (Å²) in [5.74, 6) is 0.257. The molecule has 0 aliphatic rings. The number of rotatable bonds is 6. The van der Waals surface area contributed by atoms with Crippen LogP contribution in [0.1, 0.15) is 12.5 Å². The van der Waals surface area contributed by atoms with E-state index in [1.165, 1.54) is 4.90 Å². The summed E-state index contributed by atoms with van der Waals surface area (Å²) in [6.45, 7) is 1.76. The first kappa shape index (κ1) is 15.4. The van der Waals surface area contributed by atoms with Gasteiger partial charge < -0.3 is 20.5 Å². The average Bonchev–Trinajstić information content (AvgIpc) is 2.35. The molecule has 19 heavy (non-hydrogen) atoms. The van der Waals surface area contributed by atoms with Crippen LogP contribution >= 0.6 is 12.2 Å². The Bertz CT molecular complexity index is 463. The number of likely N-dealkylation sites (N-methyl/N-ethyl adjacent to an activating group) is 1. The molecule has 3 N–H and O–H groups in total. The first-order valence-electron chi connectivity index (χ1n) is 5.85. The van der Waals surface area contributed by atoms with Crippen LogP contribution in [0.3, 0.4) is 0 Å². The van der Waals surface area contributed by atoms with Gasteiger partial charge in [0.1, 0.15) is 10.7 Å². The number of hydrogen-bond donors (Lipinski definition) is 2. The molecule has 5 nitrogen and oxygen atoms in total. The van der Waals surface area contributed by atoms with Crippen LogP contribution in [0.15, 0.2) is 24.3 Å². The second-order valence-corrected chi connectivity index (χ2v) is 4.71. The number of aliphatic hydroxyl groups excluding tert-OH is 1. The van der Waals surface area contributed by atoms with Gasteiger partial charge in [0.15, 0.2) is 6.61 Å². The maximum Gasteiger partial charge on any atom is 0.260 e. The summed E-state index contributed by atoms with van der Waals surface area (Å²) in [6.07, 6.45) is -0.571. The lowest BCUT2D eigenvalue weighted by atomic mass is 10.2. The van der Waals surface area contributed by atoms with Crippen molar-refractivity contribution in [1.29, 1.82) is 0 Å². The predicted molar refractivity (Wildman–Crippen MR) is 77.1 cm³/mol. The van der Waals surface area contributed by atoms with Gasteiger partial charge in [0.05, 0.1) is 11.7 Å². The molecule has 0 aliphatic heterocycles. The fourth-order valence-electron chi connectivity index (χ4n) is 1.54. The van der Waals surface area contributed by atoms with Crippen LogP contribution in [0.5, 0.6) is 5.75 Å². The van der Waals surface area contributed by atoms with E-state index in [2.05, 4.69) is 0 Å². The van der Waals surface area contributed by atoms with Gasteiger partial charge in [0.25, 0.3) is 5.91 Å². The van der Waals surface area contributed by atoms with Crippen LogP contribution in [-0.4, -0.2) is 47.2 Å². The van der Waals surface area contributed by atoms with Crippen molar-refractivity contribution < 1.29 is 14.6 Å². The van der Waals surface area contributed by atoms with Gasteiger partial charge in [-0.15, -0.1) is 0 Å². The van der Waals surface area contributed by atoms with Crippen molar-refractivity contribution >= 4 is 23.1 Å². The minimum atomic E-state index is -0.571. The highest BCUT2D eigenvalue weighted by Crippen LogP contribution is 2.17. The molecule has 0 bridgehead atoms. The van der Waals surface area contributed by atoms with E-state index < -0.39 is 6.10 Å². The van der Waals surface area contributed by atoms with E-state index in [9.17, 15) is 9.90 Å². The molecule has 0 aliphatic carbocycles. The molecule has 1 unspecified atom stereocenters. The normalized spacial score (nSPS) is 11.7. The molecule has 1 atom stereocenters. The van der Waals surface area contributed by atoms with Crippen molar-refractivity contribution in [2.75, 3.05) is 20.2 Å². The van der Waals surface area contributed by atoms with Crippen LogP contribution in [0, 0.1) is 0 Å². The lowest BCUT2D eigenvalue weighted by molar-refractivity contribution is -0.133. The summed E-state index contributed by atoms with van der Waals surface area (Å²) in [5, 5.41) is 9.21. The molecule has 6 heteroatoms. The highest BCUT2D eigenvalue weighted by molar-refractivity contribution is 7.80. The Labute approximate surface area is 118 Å². The second-order valence-electron chi connectivity index (χ2n) is 4.27. The lowest BCUT2D eigenvalue weighted by Crippen LogP contribution is -2.36. The molecule has 0 radical (unpaired) electrons. The fourth-order valence-corrected chi connectivity index (χ4v) is 1.71. The van der Waals surface area contributed by atoms with E-state index in [1.54, 1.807) is 38.2 Å². The Morgan fingerprint density at radius 3 is 2.74 bits per heavy atom. The summed E-state index contributed by atoms with van der Waals surface area (Å²) < 4.78 is 5.42. The molecule has 0 fully saturated rings. The smallest absolute Gasteiger partial charge is 0.260 e. The Kier molecular flexibility index (Phi) is 5.72. The monoisotopic (exact) mass is 282 g/mol. The van der Waals surface area contributed by atoms with Crippen LogP contribution in [0.2, 0.25) is 0 Å². The zero-order chi connectivity index (χ0) is 14.4. The number of hydrogen-bond acceptors (Lipinski definition) is 4. The molecule has 0 saturated carbocycles. The SMILES string of the molecule is CC(O)CN(C)C(=O)COc1ccccc1C(N)=S. The van der Waals surface area contributed by atoms with Crippen molar-refractivity contribution in [1.82, 2.24) is 4.90 Å². The van der Waals surface area contributed by atoms with E-state index in [4.69, 9.17) is 22.7 Å². The second kappa shape index (κ2) is 7.06. The summed E-state index contributed by atoms with van der Waals surface area (Å²) in [5.41, 5.74) is 6.17. The molecule has 0 spiro atoms. The number of para-hydroxylation sites is 1. The third kappa shape index (κ3) is 4.84. The third-order valence-electron chi connectivity index (χ3n) is 2.47. The lowest BCUT2D eigenvalue weighted by Gasteiger charge is -2.19. The van der Waals surface area contributed by atoms with E-state index in [0.717, 1.165) is 0 Å². The summed E-state index contributed by atoms with van der Waals surface area (Å²) in [4.78, 5) is 13.4. The number of carbonyl (C=O) groups is 1. The van der Waals surface area contributed by atoms with Crippen LogP contribution in [-0.2, 0) is 4.79 Å². The topological polar surface area (TPSA) is 75.8 Å². The Balaban J connectivity index is 2.62. The minimum absolute atomic E-state index is 0.122. The highest BCUT2D eigenvalue weighted by Gasteiger charge is 2.13. The largest absolute Gasteiger partial charge is 0.483 e. The van der Waals surface area contributed by atoms with Gasteiger partial charge in [-0.2, -0.15) is 0 Å². The van der Waals surface area contributed by atoms with Gasteiger partial charge in [0, 0.05) is 13.6 Å². The van der Waals surface area contributed by atoms with Gasteiger partial charge in [0.2, 0.25) is 0 Å². The molecule has 1 amide bonds. The summed E-state index contributed by atoms with van der Waals surface area (Å²) >= 11 is 4.91. The molecular weight excluding hydrogens is 264 g/mol. The van der Waals surface area contributed by atoms with E-state index in [0.29, 0.717) is 11.3 Å². The number of nitrogens with zero attached hydrogens (tertiary/aromatic N) is 1. The quantitative estimate of drug-likeness (QED) is 0.745. The van der Waals surface area contributed by atoms with Gasteiger partial charge in [-0.3, -0.25) is 4.79 Å². The average molecular weight is 282 g/mol. The van der Waals surface area contributed by atoms with Crippen LogP contribution in [0.25, 0.3) is 0 Å². The number of carbonyl (C=O) groups excluding carboxylic acids is 1. The summed E-state index contributed by atoms with van der Waals surface area (Å²) in [6, 6.07) is 7.02. The fraction of sp³-hybridized carbons (Fsp3) is 0.385. The third-order valence-corrected chi connectivity index (χ3v) is 2.69. The molecule has 1 aromatic carbocycles. The number of aliphatic hydroxyl groups is 1. The van der Waals surface area contributed by atoms with E-state index in [-0.39, 0.29) is 24.0 Å². The first-order chi connectivity index (χ1) is 8.91. The number of amides is 1. The van der Waals surface area contributed by atoms with Crippen molar-refractivity contribution in [2.24, 2.45) is 5.73 Å². The van der Waals surface area contributed by atoms with Crippen molar-refractivity contribution in [2.45, 2.75) is 13.0 Å². The zero-order valence-corrected chi connectivity index (χ0v) is 11.8. The van der Waals surface area contributed by atoms with Gasteiger partial charge in [-0.25, -0.2) is 0 Å². The molecule has 1 aromatic rings. The molecular formula is C13H18N2O3S. The van der Waals surface area contributed by atoms with Crippen molar-refractivity contribution in [3.63, 3.8) is 0 Å². The molecule has 0 heterocycles. The molecule has 1 rings (SSSR count). The van der Waals surface area contributed by atoms with Gasteiger partial charge in [-0.05, 0) is 19.1 Å². The number of ether oxygens (including phenoxy) is 1. The molecule has 0 aromatic heterocycles. The van der Waals surface area contributed by atoms with Crippen LogP contribution in [0.4, 0.5) is 0 Å². The maximum absolute atomic E-state index is 11.8. The Morgan fingerprint density at radius 1 is 1.53 bits per heavy atom. The maximum atomic E-state index is 11.8. The van der Waals surface area contributed by atoms with E-state index in [1.807, 2.05) is 0 Å². The van der Waals surface area contributed by atoms with Gasteiger partial charge in [-0.1, -0.05) is 24.4 Å². The number of benzene rings is 1. The van der Waals surface area contributed by atoms with Crippen LogP contribution < -0.4 is 10.5 Å². The predicted octanol–water partition coefficient (Wildman–Crippen LogP) is 0.539. The van der Waals surface area contributed by atoms with Crippen molar-refractivity contribution in [3.05, 3.63) is 29.8 Å².